The van der Waals surface area contributed by atoms with Crippen LogP contribution < -0.4 is 5.56 Å². The van der Waals surface area contributed by atoms with Crippen LogP contribution in [0.5, 0.6) is 0 Å². The van der Waals surface area contributed by atoms with Crippen molar-refractivity contribution in [3.8, 4) is 22.5 Å². The second kappa shape index (κ2) is 7.76. The smallest absolute Gasteiger partial charge is 0.309 e. The number of cyclic esters (lactones) is 1. The number of aromatic nitrogens is 2. The summed E-state index contributed by atoms with van der Waals surface area (Å²) < 4.78 is 50.7. The van der Waals surface area contributed by atoms with Gasteiger partial charge < -0.3 is 14.4 Å². The quantitative estimate of drug-likeness (QED) is 0.366. The number of nitrogens with zero attached hydrogens (tertiary/aromatic N) is 2. The lowest BCUT2D eigenvalue weighted by molar-refractivity contribution is -0.149. The van der Waals surface area contributed by atoms with Crippen molar-refractivity contribution >= 4 is 16.9 Å². The first-order valence-electron chi connectivity index (χ1n) is 11.4. The number of carbonyl (C=O) groups excluding carboxylic acids is 1. The van der Waals surface area contributed by atoms with E-state index in [1.165, 1.54) is 22.8 Å². The SMILES string of the molecule is CC[C@@]1(O)CC(=O)OCc2c1cc1n(c2=O)Cc2c-1nc1cc(F)ccc1c2-c1c(F)cccc1F. The van der Waals surface area contributed by atoms with Crippen molar-refractivity contribution in [3.63, 3.8) is 0 Å². The van der Waals surface area contributed by atoms with Crippen LogP contribution >= 0.6 is 0 Å². The molecule has 1 N–H and O–H groups in total. The molecule has 0 amide bonds. The Hall–Kier alpha value is -3.98. The van der Waals surface area contributed by atoms with Crippen molar-refractivity contribution in [1.82, 2.24) is 9.55 Å². The number of hydrogen-bond acceptors (Lipinski definition) is 5. The number of fused-ring (bicyclic) bond motifs is 5. The Morgan fingerprint density at radius 3 is 2.53 bits per heavy atom. The summed E-state index contributed by atoms with van der Waals surface area (Å²) in [4.78, 5) is 30.3. The number of hydrogen-bond donors (Lipinski definition) is 1. The van der Waals surface area contributed by atoms with E-state index in [2.05, 4.69) is 4.98 Å². The molecule has 0 saturated heterocycles. The number of benzene rings is 2. The Bertz CT molecular complexity index is 1660. The summed E-state index contributed by atoms with van der Waals surface area (Å²) in [5, 5.41) is 11.6. The van der Waals surface area contributed by atoms with Gasteiger partial charge in [-0.1, -0.05) is 13.0 Å². The molecule has 0 bridgehead atoms. The van der Waals surface area contributed by atoms with E-state index in [0.717, 1.165) is 18.2 Å². The zero-order valence-corrected chi connectivity index (χ0v) is 19.1. The highest BCUT2D eigenvalue weighted by Crippen LogP contribution is 2.44. The molecule has 2 aliphatic heterocycles. The van der Waals surface area contributed by atoms with Crippen LogP contribution in [0.15, 0.2) is 47.3 Å². The summed E-state index contributed by atoms with van der Waals surface area (Å²) in [5.74, 6) is -2.82. The fraction of sp³-hybridized carbons (Fsp3) is 0.222. The molecular weight excluding hydrogens is 473 g/mol. The molecular formula is C27H19F3N2O4. The molecule has 9 heteroatoms. The fourth-order valence-electron chi connectivity index (χ4n) is 5.27. The molecule has 182 valence electrons. The van der Waals surface area contributed by atoms with Gasteiger partial charge in [0.25, 0.3) is 5.56 Å². The lowest BCUT2D eigenvalue weighted by Gasteiger charge is -2.26. The molecule has 2 aliphatic rings. The highest BCUT2D eigenvalue weighted by Gasteiger charge is 2.40. The Labute approximate surface area is 202 Å². The van der Waals surface area contributed by atoms with Gasteiger partial charge in [-0.15, -0.1) is 0 Å². The van der Waals surface area contributed by atoms with E-state index in [1.54, 1.807) is 13.0 Å². The monoisotopic (exact) mass is 492 g/mol. The van der Waals surface area contributed by atoms with Crippen molar-refractivity contribution < 1.29 is 27.8 Å². The van der Waals surface area contributed by atoms with Crippen LogP contribution in [-0.2, 0) is 28.3 Å². The van der Waals surface area contributed by atoms with E-state index in [4.69, 9.17) is 4.74 Å². The van der Waals surface area contributed by atoms with Crippen LogP contribution in [0.1, 0.15) is 36.5 Å². The van der Waals surface area contributed by atoms with Crippen LogP contribution in [0.2, 0.25) is 0 Å². The molecule has 1 atom stereocenters. The first-order valence-corrected chi connectivity index (χ1v) is 11.4. The Balaban J connectivity index is 1.71. The summed E-state index contributed by atoms with van der Waals surface area (Å²) >= 11 is 0. The minimum atomic E-state index is -1.64. The van der Waals surface area contributed by atoms with E-state index < -0.39 is 34.6 Å². The zero-order valence-electron chi connectivity index (χ0n) is 19.1. The largest absolute Gasteiger partial charge is 0.460 e. The molecule has 6 nitrogen and oxygen atoms in total. The van der Waals surface area contributed by atoms with Crippen molar-refractivity contribution in [1.29, 1.82) is 0 Å². The maximum atomic E-state index is 15.0. The number of pyridine rings is 2. The lowest BCUT2D eigenvalue weighted by atomic mass is 9.85. The Morgan fingerprint density at radius 1 is 1.06 bits per heavy atom. The zero-order chi connectivity index (χ0) is 25.4. The molecule has 2 aromatic heterocycles. The number of carbonyl (C=O) groups is 1. The average Bonchev–Trinajstić information content (AvgIpc) is 3.14. The van der Waals surface area contributed by atoms with Gasteiger partial charge in [0, 0.05) is 22.6 Å². The standard InChI is InChI=1S/C27H19F3N2O4/c1-2-27(35)10-22(33)36-12-16-17(27)9-21-25-15(11-32(21)26(16)34)23(24-18(29)4-3-5-19(24)30)14-7-6-13(28)8-20(14)31-25/h3-9,35H,2,10-12H2,1H3/t27-/m1/s1. The maximum absolute atomic E-state index is 15.0. The van der Waals surface area contributed by atoms with Gasteiger partial charge in [0.05, 0.1) is 41.0 Å². The highest BCUT2D eigenvalue weighted by atomic mass is 19.1. The van der Waals surface area contributed by atoms with Crippen LogP contribution in [0.25, 0.3) is 33.4 Å². The predicted molar refractivity (Wildman–Crippen MR) is 124 cm³/mol. The van der Waals surface area contributed by atoms with Crippen LogP contribution in [0.4, 0.5) is 13.2 Å². The number of rotatable bonds is 2. The molecule has 36 heavy (non-hydrogen) atoms. The average molecular weight is 492 g/mol. The number of ether oxygens (including phenoxy) is 1. The number of halogens is 3. The third-order valence-corrected chi connectivity index (χ3v) is 7.12. The van der Waals surface area contributed by atoms with E-state index >= 15 is 8.78 Å². The first-order chi connectivity index (χ1) is 17.2. The molecule has 2 aromatic carbocycles. The van der Waals surface area contributed by atoms with E-state index in [9.17, 15) is 19.1 Å². The Kier molecular flexibility index (Phi) is 4.85. The van der Waals surface area contributed by atoms with Gasteiger partial charge in [-0.3, -0.25) is 9.59 Å². The van der Waals surface area contributed by atoms with Crippen LogP contribution in [0, 0.1) is 17.5 Å². The summed E-state index contributed by atoms with van der Waals surface area (Å²) in [6.07, 6.45) is -0.179. The van der Waals surface area contributed by atoms with Crippen molar-refractivity contribution in [2.45, 2.75) is 38.5 Å². The molecule has 0 saturated carbocycles. The van der Waals surface area contributed by atoms with Gasteiger partial charge in [0.2, 0.25) is 0 Å². The molecule has 0 unspecified atom stereocenters. The van der Waals surface area contributed by atoms with Gasteiger partial charge in [-0.25, -0.2) is 18.2 Å². The predicted octanol–water partition coefficient (Wildman–Crippen LogP) is 4.55. The van der Waals surface area contributed by atoms with E-state index in [0.29, 0.717) is 16.6 Å². The van der Waals surface area contributed by atoms with Gasteiger partial charge in [0.15, 0.2) is 0 Å². The van der Waals surface area contributed by atoms with Gasteiger partial charge in [-0.05, 0) is 42.3 Å². The third kappa shape index (κ3) is 3.12. The molecule has 0 radical (unpaired) electrons. The maximum Gasteiger partial charge on any atom is 0.309 e. The topological polar surface area (TPSA) is 81.4 Å². The van der Waals surface area contributed by atoms with Crippen molar-refractivity contribution in [2.24, 2.45) is 0 Å². The van der Waals surface area contributed by atoms with Crippen LogP contribution in [-0.4, -0.2) is 20.6 Å². The number of aliphatic hydroxyl groups is 1. The summed E-state index contributed by atoms with van der Waals surface area (Å²) in [6.45, 7) is 1.33. The van der Waals surface area contributed by atoms with Gasteiger partial charge in [-0.2, -0.15) is 0 Å². The van der Waals surface area contributed by atoms with Gasteiger partial charge in [0.1, 0.15) is 29.7 Å². The summed E-state index contributed by atoms with van der Waals surface area (Å²) in [5.41, 5.74) is -0.758. The summed E-state index contributed by atoms with van der Waals surface area (Å²) in [7, 11) is 0. The molecule has 0 fully saturated rings. The molecule has 4 heterocycles. The molecule has 0 aliphatic carbocycles. The van der Waals surface area contributed by atoms with Gasteiger partial charge >= 0.3 is 5.97 Å². The van der Waals surface area contributed by atoms with Crippen molar-refractivity contribution in [2.75, 3.05) is 0 Å². The normalized spacial score (nSPS) is 18.4. The second-order valence-corrected chi connectivity index (χ2v) is 9.11. The lowest BCUT2D eigenvalue weighted by Crippen LogP contribution is -2.32. The highest BCUT2D eigenvalue weighted by molar-refractivity contribution is 6.00. The summed E-state index contributed by atoms with van der Waals surface area (Å²) in [6, 6.07) is 8.85. The second-order valence-electron chi connectivity index (χ2n) is 9.11. The van der Waals surface area contributed by atoms with E-state index in [1.807, 2.05) is 0 Å². The molecule has 6 rings (SSSR count). The number of esters is 1. The molecule has 4 aromatic rings. The minimum absolute atomic E-state index is 0.0568. The van der Waals surface area contributed by atoms with E-state index in [-0.39, 0.29) is 59.5 Å². The van der Waals surface area contributed by atoms with Crippen molar-refractivity contribution in [3.05, 3.63) is 87.0 Å². The molecule has 0 spiro atoms. The van der Waals surface area contributed by atoms with Crippen LogP contribution in [0.3, 0.4) is 0 Å². The first kappa shape index (κ1) is 22.5. The minimum Gasteiger partial charge on any atom is -0.460 e. The third-order valence-electron chi connectivity index (χ3n) is 7.12. The fourth-order valence-corrected chi connectivity index (χ4v) is 5.27. The Morgan fingerprint density at radius 2 is 1.81 bits per heavy atom.